The first kappa shape index (κ1) is 11.7. The van der Waals surface area contributed by atoms with Crippen molar-refractivity contribution in [3.63, 3.8) is 0 Å². The fourth-order valence-electron chi connectivity index (χ4n) is 1.59. The first-order valence-electron chi connectivity index (χ1n) is 4.95. The molecule has 0 saturated carbocycles. The number of rotatable bonds is 4. The molecule has 14 heavy (non-hydrogen) atoms. The van der Waals surface area contributed by atoms with Crippen molar-refractivity contribution in [3.8, 4) is 0 Å². The average Bonchev–Trinajstić information content (AvgIpc) is 2.52. The molecule has 0 saturated heterocycles. The molecule has 0 aliphatic rings. The van der Waals surface area contributed by atoms with Crippen LogP contribution in [0.3, 0.4) is 0 Å². The average molecular weight is 215 g/mol. The summed E-state index contributed by atoms with van der Waals surface area (Å²) in [4.78, 5) is 1.15. The molecule has 3 heteroatoms. The van der Waals surface area contributed by atoms with E-state index in [1.54, 1.807) is 11.3 Å². The summed E-state index contributed by atoms with van der Waals surface area (Å²) >= 11 is 1.59. The van der Waals surface area contributed by atoms with Crippen LogP contribution in [0.5, 0.6) is 0 Å². The second kappa shape index (κ2) is 4.89. The van der Waals surface area contributed by atoms with Crippen LogP contribution in [-0.2, 0) is 0 Å². The molecule has 0 amide bonds. The van der Waals surface area contributed by atoms with E-state index in [4.69, 9.17) is 5.73 Å². The molecule has 0 radical (unpaired) electrons. The third kappa shape index (κ3) is 2.55. The molecule has 1 rings (SSSR count). The summed E-state index contributed by atoms with van der Waals surface area (Å²) in [5, 5.41) is 1.89. The van der Waals surface area contributed by atoms with Gasteiger partial charge in [-0.2, -0.15) is 0 Å². The zero-order chi connectivity index (χ0) is 10.7. The number of hydrogen-bond acceptors (Lipinski definition) is 2. The number of thiophene rings is 1. The van der Waals surface area contributed by atoms with Crippen molar-refractivity contribution in [3.05, 3.63) is 21.9 Å². The Labute approximate surface area is 89.1 Å². The van der Waals surface area contributed by atoms with E-state index in [2.05, 4.69) is 0 Å². The van der Waals surface area contributed by atoms with Crippen LogP contribution in [0, 0.1) is 18.8 Å². The fraction of sp³-hybridized carbons (Fsp3) is 0.636. The van der Waals surface area contributed by atoms with Crippen LogP contribution in [-0.4, -0.2) is 6.54 Å². The quantitative estimate of drug-likeness (QED) is 0.819. The van der Waals surface area contributed by atoms with Crippen LogP contribution < -0.4 is 5.73 Å². The van der Waals surface area contributed by atoms with Crippen LogP contribution in [0.25, 0.3) is 0 Å². The SMILES string of the molecule is Cc1cc(C(F)C(CN)C(C)C)cs1. The topological polar surface area (TPSA) is 26.0 Å². The third-order valence-corrected chi connectivity index (χ3v) is 3.45. The minimum Gasteiger partial charge on any atom is -0.330 e. The Morgan fingerprint density at radius 3 is 2.50 bits per heavy atom. The molecule has 0 aliphatic heterocycles. The predicted octanol–water partition coefficient (Wildman–Crippen LogP) is 3.30. The Balaban J connectivity index is 2.77. The Morgan fingerprint density at radius 2 is 2.14 bits per heavy atom. The molecule has 2 unspecified atom stereocenters. The van der Waals surface area contributed by atoms with Crippen molar-refractivity contribution in [1.82, 2.24) is 0 Å². The lowest BCUT2D eigenvalue weighted by Gasteiger charge is -2.22. The van der Waals surface area contributed by atoms with Gasteiger partial charge < -0.3 is 5.73 Å². The van der Waals surface area contributed by atoms with E-state index in [1.807, 2.05) is 32.2 Å². The van der Waals surface area contributed by atoms with Gasteiger partial charge in [0.15, 0.2) is 0 Å². The summed E-state index contributed by atoms with van der Waals surface area (Å²) in [6.07, 6.45) is -0.912. The van der Waals surface area contributed by atoms with E-state index in [9.17, 15) is 4.39 Å². The van der Waals surface area contributed by atoms with Crippen molar-refractivity contribution >= 4 is 11.3 Å². The van der Waals surface area contributed by atoms with Gasteiger partial charge in [-0.3, -0.25) is 0 Å². The molecule has 1 aromatic rings. The highest BCUT2D eigenvalue weighted by Gasteiger charge is 2.24. The molecule has 0 fully saturated rings. The van der Waals surface area contributed by atoms with Gasteiger partial charge in [0.05, 0.1) is 0 Å². The first-order valence-corrected chi connectivity index (χ1v) is 5.83. The molecule has 0 aromatic carbocycles. The molecule has 2 atom stereocenters. The largest absolute Gasteiger partial charge is 0.330 e. The first-order chi connectivity index (χ1) is 6.56. The highest BCUT2D eigenvalue weighted by atomic mass is 32.1. The lowest BCUT2D eigenvalue weighted by Crippen LogP contribution is -2.24. The molecule has 0 bridgehead atoms. The number of aryl methyl sites for hydroxylation is 1. The van der Waals surface area contributed by atoms with Crippen LogP contribution in [0.4, 0.5) is 4.39 Å². The highest BCUT2D eigenvalue weighted by Crippen LogP contribution is 2.33. The van der Waals surface area contributed by atoms with E-state index >= 15 is 0 Å². The monoisotopic (exact) mass is 215 g/mol. The van der Waals surface area contributed by atoms with Gasteiger partial charge in [0.1, 0.15) is 6.17 Å². The maximum atomic E-state index is 14.0. The van der Waals surface area contributed by atoms with E-state index in [-0.39, 0.29) is 11.8 Å². The van der Waals surface area contributed by atoms with Gasteiger partial charge in [-0.05, 0) is 36.4 Å². The maximum Gasteiger partial charge on any atom is 0.130 e. The molecule has 0 spiro atoms. The van der Waals surface area contributed by atoms with Gasteiger partial charge in [-0.1, -0.05) is 13.8 Å². The molecular formula is C11H18FNS. The van der Waals surface area contributed by atoms with Crippen molar-refractivity contribution in [2.75, 3.05) is 6.54 Å². The summed E-state index contributed by atoms with van der Waals surface area (Å²) in [5.74, 6) is 0.221. The Hall–Kier alpha value is -0.410. The second-order valence-electron chi connectivity index (χ2n) is 4.04. The lowest BCUT2D eigenvalue weighted by molar-refractivity contribution is 0.189. The summed E-state index contributed by atoms with van der Waals surface area (Å²) in [5.41, 5.74) is 6.37. The zero-order valence-electron chi connectivity index (χ0n) is 8.96. The van der Waals surface area contributed by atoms with Crippen LogP contribution in [0.2, 0.25) is 0 Å². The molecule has 2 N–H and O–H groups in total. The highest BCUT2D eigenvalue weighted by molar-refractivity contribution is 7.10. The molecule has 1 heterocycles. The standard InChI is InChI=1S/C11H18FNS/c1-7(2)10(5-13)11(12)9-4-8(3)14-6-9/h4,6-7,10-11H,5,13H2,1-3H3. The molecule has 0 aliphatic carbocycles. The van der Waals surface area contributed by atoms with Crippen LogP contribution >= 0.6 is 11.3 Å². The molecule has 1 nitrogen and oxygen atoms in total. The smallest absolute Gasteiger partial charge is 0.130 e. The summed E-state index contributed by atoms with van der Waals surface area (Å²) in [6.45, 7) is 6.44. The van der Waals surface area contributed by atoms with E-state index < -0.39 is 6.17 Å². The molecule has 1 aromatic heterocycles. The summed E-state index contributed by atoms with van der Waals surface area (Å²) in [7, 11) is 0. The van der Waals surface area contributed by atoms with Crippen LogP contribution in [0.15, 0.2) is 11.4 Å². The second-order valence-corrected chi connectivity index (χ2v) is 5.15. The minimum absolute atomic E-state index is 0.0657. The van der Waals surface area contributed by atoms with Gasteiger partial charge in [-0.25, -0.2) is 4.39 Å². The number of hydrogen-bond donors (Lipinski definition) is 1. The van der Waals surface area contributed by atoms with Gasteiger partial charge in [0, 0.05) is 10.8 Å². The van der Waals surface area contributed by atoms with Gasteiger partial charge >= 0.3 is 0 Å². The summed E-state index contributed by atoms with van der Waals surface area (Å²) < 4.78 is 14.0. The Morgan fingerprint density at radius 1 is 1.50 bits per heavy atom. The predicted molar refractivity (Wildman–Crippen MR) is 60.3 cm³/mol. The van der Waals surface area contributed by atoms with Crippen molar-refractivity contribution in [1.29, 1.82) is 0 Å². The van der Waals surface area contributed by atoms with Crippen molar-refractivity contribution < 1.29 is 4.39 Å². The summed E-state index contributed by atoms with van der Waals surface area (Å²) in [6, 6.07) is 1.92. The minimum atomic E-state index is -0.912. The van der Waals surface area contributed by atoms with E-state index in [0.717, 1.165) is 10.4 Å². The van der Waals surface area contributed by atoms with Crippen molar-refractivity contribution in [2.45, 2.75) is 26.9 Å². The molecule has 80 valence electrons. The van der Waals surface area contributed by atoms with Gasteiger partial charge in [0.2, 0.25) is 0 Å². The number of halogens is 1. The normalized spacial score (nSPS) is 15.9. The van der Waals surface area contributed by atoms with Crippen molar-refractivity contribution in [2.24, 2.45) is 17.6 Å². The third-order valence-electron chi connectivity index (χ3n) is 2.57. The maximum absolute atomic E-state index is 14.0. The molecular weight excluding hydrogens is 197 g/mol. The van der Waals surface area contributed by atoms with Gasteiger partial charge in [-0.15, -0.1) is 11.3 Å². The number of alkyl halides is 1. The van der Waals surface area contributed by atoms with Crippen LogP contribution in [0.1, 0.15) is 30.5 Å². The van der Waals surface area contributed by atoms with E-state index in [0.29, 0.717) is 6.54 Å². The van der Waals surface area contributed by atoms with E-state index in [1.165, 1.54) is 0 Å². The van der Waals surface area contributed by atoms with Gasteiger partial charge in [0.25, 0.3) is 0 Å². The zero-order valence-corrected chi connectivity index (χ0v) is 9.77. The Kier molecular flexibility index (Phi) is 4.08. The number of nitrogens with two attached hydrogens (primary N) is 1. The fourth-order valence-corrected chi connectivity index (χ4v) is 2.31. The Bertz CT molecular complexity index is 283. The lowest BCUT2D eigenvalue weighted by atomic mass is 9.88.